The third kappa shape index (κ3) is 5.72. The minimum absolute atomic E-state index is 0.0754. The molecule has 0 aromatic heterocycles. The van der Waals surface area contributed by atoms with Crippen LogP contribution in [0.2, 0.25) is 0 Å². The van der Waals surface area contributed by atoms with Crippen molar-refractivity contribution < 1.29 is 14.4 Å². The van der Waals surface area contributed by atoms with Gasteiger partial charge in [0.25, 0.3) is 11.8 Å². The van der Waals surface area contributed by atoms with Gasteiger partial charge in [0.15, 0.2) is 0 Å². The number of rotatable bonds is 7. The van der Waals surface area contributed by atoms with Gasteiger partial charge in [-0.1, -0.05) is 32.0 Å². The molecular weight excluding hydrogens is 390 g/mol. The molecule has 0 saturated carbocycles. The molecule has 0 aliphatic carbocycles. The van der Waals surface area contributed by atoms with Gasteiger partial charge in [-0.25, -0.2) is 0 Å². The maximum absolute atomic E-state index is 13.0. The Morgan fingerprint density at radius 1 is 1.06 bits per heavy atom. The van der Waals surface area contributed by atoms with Crippen molar-refractivity contribution in [3.63, 3.8) is 0 Å². The number of hydrogen-bond donors (Lipinski definition) is 2. The second kappa shape index (κ2) is 10.2. The van der Waals surface area contributed by atoms with E-state index in [2.05, 4.69) is 24.5 Å². The van der Waals surface area contributed by atoms with E-state index in [0.29, 0.717) is 42.2 Å². The molecule has 1 heterocycles. The standard InChI is InChI=1S/C25H31N3O3/c1-17(2)14-15-26-24(30)22-9-6-16-28(22)25(31)19-10-12-20(13-11-19)27-23(29)21-8-5-4-7-18(21)3/h4-5,7-8,10-13,17,22H,6,9,14-16H2,1-3H3,(H,26,30)(H,27,29). The number of nitrogens with one attached hydrogen (secondary N) is 2. The summed E-state index contributed by atoms with van der Waals surface area (Å²) in [5, 5.41) is 5.83. The minimum Gasteiger partial charge on any atom is -0.354 e. The van der Waals surface area contributed by atoms with Gasteiger partial charge in [-0.3, -0.25) is 14.4 Å². The van der Waals surface area contributed by atoms with E-state index < -0.39 is 6.04 Å². The Kier molecular flexibility index (Phi) is 7.45. The van der Waals surface area contributed by atoms with Gasteiger partial charge in [0.05, 0.1) is 0 Å². The van der Waals surface area contributed by atoms with Crippen LogP contribution in [-0.4, -0.2) is 41.8 Å². The fourth-order valence-corrected chi connectivity index (χ4v) is 3.77. The van der Waals surface area contributed by atoms with E-state index in [0.717, 1.165) is 18.4 Å². The molecule has 6 nitrogen and oxygen atoms in total. The molecule has 1 fully saturated rings. The lowest BCUT2D eigenvalue weighted by Crippen LogP contribution is -2.46. The van der Waals surface area contributed by atoms with Gasteiger partial charge in [0, 0.05) is 29.9 Å². The van der Waals surface area contributed by atoms with E-state index >= 15 is 0 Å². The quantitative estimate of drug-likeness (QED) is 0.709. The fraction of sp³-hybridized carbons (Fsp3) is 0.400. The summed E-state index contributed by atoms with van der Waals surface area (Å²) in [5.74, 6) is 0.105. The monoisotopic (exact) mass is 421 g/mol. The minimum atomic E-state index is -0.417. The lowest BCUT2D eigenvalue weighted by molar-refractivity contribution is -0.124. The highest BCUT2D eigenvalue weighted by Gasteiger charge is 2.34. The molecule has 164 valence electrons. The van der Waals surface area contributed by atoms with Crippen molar-refractivity contribution in [3.8, 4) is 0 Å². The van der Waals surface area contributed by atoms with Gasteiger partial charge in [-0.15, -0.1) is 0 Å². The summed E-state index contributed by atoms with van der Waals surface area (Å²) in [6.07, 6.45) is 2.42. The SMILES string of the molecule is Cc1ccccc1C(=O)Nc1ccc(C(=O)N2CCCC2C(=O)NCCC(C)C)cc1. The summed E-state index contributed by atoms with van der Waals surface area (Å²) in [5.41, 5.74) is 2.65. The number of benzene rings is 2. The van der Waals surface area contributed by atoms with Gasteiger partial charge in [-0.2, -0.15) is 0 Å². The van der Waals surface area contributed by atoms with Gasteiger partial charge < -0.3 is 15.5 Å². The van der Waals surface area contributed by atoms with Crippen LogP contribution in [0, 0.1) is 12.8 Å². The highest BCUT2D eigenvalue weighted by molar-refractivity contribution is 6.05. The number of hydrogen-bond acceptors (Lipinski definition) is 3. The summed E-state index contributed by atoms with van der Waals surface area (Å²) in [6.45, 7) is 7.33. The van der Waals surface area contributed by atoms with E-state index in [1.807, 2.05) is 25.1 Å². The van der Waals surface area contributed by atoms with E-state index in [1.165, 1.54) is 0 Å². The van der Waals surface area contributed by atoms with Gasteiger partial charge in [0.1, 0.15) is 6.04 Å². The molecule has 0 radical (unpaired) electrons. The van der Waals surface area contributed by atoms with Crippen LogP contribution in [0.15, 0.2) is 48.5 Å². The first kappa shape index (κ1) is 22.5. The van der Waals surface area contributed by atoms with E-state index in [9.17, 15) is 14.4 Å². The number of aryl methyl sites for hydroxylation is 1. The molecule has 1 aliphatic heterocycles. The number of carbonyl (C=O) groups excluding carboxylic acids is 3. The molecule has 3 amide bonds. The van der Waals surface area contributed by atoms with Crippen molar-refractivity contribution in [2.24, 2.45) is 5.92 Å². The summed E-state index contributed by atoms with van der Waals surface area (Å²) < 4.78 is 0. The first-order valence-electron chi connectivity index (χ1n) is 10.9. The Morgan fingerprint density at radius 2 is 1.77 bits per heavy atom. The Balaban J connectivity index is 1.62. The van der Waals surface area contributed by atoms with Crippen LogP contribution in [0.5, 0.6) is 0 Å². The molecule has 2 aromatic carbocycles. The summed E-state index contributed by atoms with van der Waals surface area (Å²) >= 11 is 0. The predicted molar refractivity (Wildman–Crippen MR) is 122 cm³/mol. The Morgan fingerprint density at radius 3 is 2.45 bits per heavy atom. The molecule has 3 rings (SSSR count). The van der Waals surface area contributed by atoms with E-state index in [-0.39, 0.29) is 17.7 Å². The first-order valence-corrected chi connectivity index (χ1v) is 10.9. The normalized spacial score (nSPS) is 15.7. The Labute approximate surface area is 184 Å². The van der Waals surface area contributed by atoms with Crippen LogP contribution >= 0.6 is 0 Å². The molecule has 0 bridgehead atoms. The predicted octanol–water partition coefficient (Wildman–Crippen LogP) is 4.01. The number of carbonyl (C=O) groups is 3. The summed E-state index contributed by atoms with van der Waals surface area (Å²) in [7, 11) is 0. The average Bonchev–Trinajstić information content (AvgIpc) is 3.24. The Hall–Kier alpha value is -3.15. The van der Waals surface area contributed by atoms with Crippen molar-refractivity contribution in [2.45, 2.75) is 46.1 Å². The molecule has 2 N–H and O–H groups in total. The first-order chi connectivity index (χ1) is 14.9. The molecule has 31 heavy (non-hydrogen) atoms. The van der Waals surface area contributed by atoms with Crippen LogP contribution in [-0.2, 0) is 4.79 Å². The molecule has 0 spiro atoms. The molecule has 1 atom stereocenters. The van der Waals surface area contributed by atoms with E-state index in [4.69, 9.17) is 0 Å². The van der Waals surface area contributed by atoms with Crippen LogP contribution in [0.25, 0.3) is 0 Å². The highest BCUT2D eigenvalue weighted by Crippen LogP contribution is 2.22. The molecular formula is C25H31N3O3. The third-order valence-electron chi connectivity index (χ3n) is 5.62. The van der Waals surface area contributed by atoms with Crippen molar-refractivity contribution >= 4 is 23.4 Å². The third-order valence-corrected chi connectivity index (χ3v) is 5.62. The zero-order valence-corrected chi connectivity index (χ0v) is 18.5. The summed E-state index contributed by atoms with van der Waals surface area (Å²) in [6, 6.07) is 13.8. The number of amides is 3. The maximum Gasteiger partial charge on any atom is 0.255 e. The second-order valence-electron chi connectivity index (χ2n) is 8.48. The fourth-order valence-electron chi connectivity index (χ4n) is 3.77. The zero-order valence-electron chi connectivity index (χ0n) is 18.5. The van der Waals surface area contributed by atoms with Crippen LogP contribution < -0.4 is 10.6 Å². The maximum atomic E-state index is 13.0. The lowest BCUT2D eigenvalue weighted by Gasteiger charge is -2.24. The van der Waals surface area contributed by atoms with Crippen LogP contribution in [0.4, 0.5) is 5.69 Å². The van der Waals surface area contributed by atoms with Crippen molar-refractivity contribution in [3.05, 3.63) is 65.2 Å². The Bertz CT molecular complexity index is 937. The van der Waals surface area contributed by atoms with Crippen molar-refractivity contribution in [1.82, 2.24) is 10.2 Å². The second-order valence-corrected chi connectivity index (χ2v) is 8.48. The number of nitrogens with zero attached hydrogens (tertiary/aromatic N) is 1. The van der Waals surface area contributed by atoms with Crippen LogP contribution in [0.3, 0.4) is 0 Å². The van der Waals surface area contributed by atoms with Gasteiger partial charge in [-0.05, 0) is 68.0 Å². The average molecular weight is 422 g/mol. The van der Waals surface area contributed by atoms with Gasteiger partial charge >= 0.3 is 0 Å². The largest absolute Gasteiger partial charge is 0.354 e. The van der Waals surface area contributed by atoms with Gasteiger partial charge in [0.2, 0.25) is 5.91 Å². The molecule has 2 aromatic rings. The smallest absolute Gasteiger partial charge is 0.255 e. The van der Waals surface area contributed by atoms with E-state index in [1.54, 1.807) is 35.2 Å². The lowest BCUT2D eigenvalue weighted by atomic mass is 10.1. The molecule has 6 heteroatoms. The number of anilines is 1. The summed E-state index contributed by atoms with van der Waals surface area (Å²) in [4.78, 5) is 39.7. The topological polar surface area (TPSA) is 78.5 Å². The highest BCUT2D eigenvalue weighted by atomic mass is 16.2. The number of likely N-dealkylation sites (tertiary alicyclic amines) is 1. The van der Waals surface area contributed by atoms with Crippen molar-refractivity contribution in [1.29, 1.82) is 0 Å². The molecule has 1 unspecified atom stereocenters. The zero-order chi connectivity index (χ0) is 22.4. The molecule has 1 saturated heterocycles. The van der Waals surface area contributed by atoms with Crippen LogP contribution in [0.1, 0.15) is 59.4 Å². The molecule has 1 aliphatic rings. The van der Waals surface area contributed by atoms with Crippen molar-refractivity contribution in [2.75, 3.05) is 18.4 Å².